The summed E-state index contributed by atoms with van der Waals surface area (Å²) in [4.78, 5) is 10.9. The van der Waals surface area contributed by atoms with Gasteiger partial charge in [-0.05, 0) is 37.8 Å². The summed E-state index contributed by atoms with van der Waals surface area (Å²) in [6, 6.07) is 2.06. The minimum Gasteiger partial charge on any atom is -0.481 e. The van der Waals surface area contributed by atoms with E-state index in [1.807, 2.05) is 12.3 Å². The quantitative estimate of drug-likeness (QED) is 0.807. The van der Waals surface area contributed by atoms with Crippen LogP contribution in [0.4, 0.5) is 0 Å². The number of carboxylic acids is 1. The number of aryl methyl sites for hydroxylation is 1. The molecule has 0 aliphatic heterocycles. The lowest BCUT2D eigenvalue weighted by Crippen LogP contribution is -2.26. The van der Waals surface area contributed by atoms with E-state index in [-0.39, 0.29) is 0 Å². The number of carbonyl (C=O) groups is 1. The fraction of sp³-hybridized carbons (Fsp3) is 0.500. The van der Waals surface area contributed by atoms with Crippen LogP contribution in [-0.2, 0) is 4.79 Å². The minimum absolute atomic E-state index is 0.615. The van der Waals surface area contributed by atoms with Crippen molar-refractivity contribution in [3.63, 3.8) is 0 Å². The fourth-order valence-electron chi connectivity index (χ4n) is 0.814. The lowest BCUT2D eigenvalue weighted by molar-refractivity contribution is -0.145. The van der Waals surface area contributed by atoms with Gasteiger partial charge in [0.1, 0.15) is 0 Å². The first kappa shape index (κ1) is 11.6. The maximum Gasteiger partial charge on any atom is 0.309 e. The second-order valence-electron chi connectivity index (χ2n) is 3.87. The number of thioether (sulfide) groups is 1. The average Bonchev–Trinajstić information content (AvgIpc) is 2.47. The third-order valence-electron chi connectivity index (χ3n) is 1.96. The average molecular weight is 230 g/mol. The number of rotatable bonds is 4. The van der Waals surface area contributed by atoms with Gasteiger partial charge in [0.2, 0.25) is 0 Å². The molecule has 2 nitrogen and oxygen atoms in total. The van der Waals surface area contributed by atoms with Gasteiger partial charge < -0.3 is 5.11 Å². The summed E-state index contributed by atoms with van der Waals surface area (Å²) in [6.45, 7) is 5.56. The number of hydrogen-bond acceptors (Lipinski definition) is 3. The molecule has 0 saturated carbocycles. The van der Waals surface area contributed by atoms with Crippen molar-refractivity contribution >= 4 is 29.1 Å². The van der Waals surface area contributed by atoms with Crippen LogP contribution in [0.2, 0.25) is 0 Å². The first-order chi connectivity index (χ1) is 6.43. The van der Waals surface area contributed by atoms with Gasteiger partial charge in [-0.15, -0.1) is 23.1 Å². The van der Waals surface area contributed by atoms with E-state index in [0.717, 1.165) is 0 Å². The summed E-state index contributed by atoms with van der Waals surface area (Å²) in [6.07, 6.45) is 0. The van der Waals surface area contributed by atoms with E-state index in [4.69, 9.17) is 5.11 Å². The van der Waals surface area contributed by atoms with Crippen LogP contribution in [0.1, 0.15) is 19.4 Å². The molecular formula is C10H14O2S2. The normalized spacial score (nSPS) is 11.6. The molecule has 1 aromatic rings. The highest BCUT2D eigenvalue weighted by Gasteiger charge is 2.27. The molecule has 0 saturated heterocycles. The molecule has 0 aromatic carbocycles. The Hall–Kier alpha value is -0.480. The van der Waals surface area contributed by atoms with Gasteiger partial charge in [-0.2, -0.15) is 0 Å². The highest BCUT2D eigenvalue weighted by molar-refractivity contribution is 8.01. The molecule has 0 radical (unpaired) electrons. The first-order valence-corrected chi connectivity index (χ1v) is 6.20. The van der Waals surface area contributed by atoms with Gasteiger partial charge in [0.25, 0.3) is 0 Å². The minimum atomic E-state index is -0.737. The van der Waals surface area contributed by atoms with Crippen molar-refractivity contribution in [1.82, 2.24) is 0 Å². The molecule has 0 bridgehead atoms. The van der Waals surface area contributed by atoms with Crippen molar-refractivity contribution in [2.45, 2.75) is 25.0 Å². The maximum atomic E-state index is 10.9. The zero-order valence-corrected chi connectivity index (χ0v) is 10.2. The van der Waals surface area contributed by atoms with Crippen molar-refractivity contribution < 1.29 is 9.90 Å². The Balaban J connectivity index is 2.57. The topological polar surface area (TPSA) is 37.3 Å². The van der Waals surface area contributed by atoms with Crippen LogP contribution in [0, 0.1) is 12.3 Å². The van der Waals surface area contributed by atoms with Crippen LogP contribution in [0.25, 0.3) is 0 Å². The van der Waals surface area contributed by atoms with Gasteiger partial charge >= 0.3 is 5.97 Å². The predicted octanol–water partition coefficient (Wildman–Crippen LogP) is 3.26. The van der Waals surface area contributed by atoms with Crippen molar-refractivity contribution in [1.29, 1.82) is 0 Å². The van der Waals surface area contributed by atoms with E-state index in [1.54, 1.807) is 36.9 Å². The standard InChI is InChI=1S/C10H14O2S2/c1-7-4-5-13-8(7)14-6-10(2,3)9(11)12/h4-5H,6H2,1-3H3,(H,11,12). The molecule has 4 heteroatoms. The second-order valence-corrected chi connectivity index (χ2v) is 6.03. The third kappa shape index (κ3) is 2.75. The van der Waals surface area contributed by atoms with E-state index < -0.39 is 11.4 Å². The van der Waals surface area contributed by atoms with E-state index in [0.29, 0.717) is 5.75 Å². The van der Waals surface area contributed by atoms with E-state index in [1.165, 1.54) is 9.77 Å². The van der Waals surface area contributed by atoms with Crippen LogP contribution in [0.5, 0.6) is 0 Å². The Morgan fingerprint density at radius 2 is 2.29 bits per heavy atom. The number of hydrogen-bond donors (Lipinski definition) is 1. The van der Waals surface area contributed by atoms with Gasteiger partial charge in [-0.1, -0.05) is 0 Å². The van der Waals surface area contributed by atoms with Gasteiger partial charge in [-0.25, -0.2) is 0 Å². The summed E-state index contributed by atoms with van der Waals surface area (Å²) >= 11 is 3.30. The third-order valence-corrected chi connectivity index (χ3v) is 4.86. The maximum absolute atomic E-state index is 10.9. The zero-order chi connectivity index (χ0) is 10.8. The SMILES string of the molecule is Cc1ccsc1SCC(C)(C)C(=O)O. The van der Waals surface area contributed by atoms with Crippen LogP contribution >= 0.6 is 23.1 Å². The van der Waals surface area contributed by atoms with Gasteiger partial charge in [-0.3, -0.25) is 4.79 Å². The lowest BCUT2D eigenvalue weighted by atomic mass is 9.97. The predicted molar refractivity (Wildman–Crippen MR) is 61.2 cm³/mol. The number of aliphatic carboxylic acids is 1. The van der Waals surface area contributed by atoms with Crippen LogP contribution < -0.4 is 0 Å². The lowest BCUT2D eigenvalue weighted by Gasteiger charge is -2.17. The monoisotopic (exact) mass is 230 g/mol. The van der Waals surface area contributed by atoms with Crippen molar-refractivity contribution in [3.8, 4) is 0 Å². The van der Waals surface area contributed by atoms with E-state index >= 15 is 0 Å². The van der Waals surface area contributed by atoms with E-state index in [2.05, 4.69) is 6.07 Å². The molecular weight excluding hydrogens is 216 g/mol. The molecule has 0 aliphatic rings. The Bertz CT molecular complexity index is 329. The molecule has 1 rings (SSSR count). The molecule has 78 valence electrons. The summed E-state index contributed by atoms with van der Waals surface area (Å²) in [5.41, 5.74) is 0.586. The molecule has 0 spiro atoms. The Kier molecular flexibility index (Phi) is 3.61. The summed E-state index contributed by atoms with van der Waals surface area (Å²) in [5, 5.41) is 11.0. The smallest absolute Gasteiger partial charge is 0.309 e. The van der Waals surface area contributed by atoms with Crippen molar-refractivity contribution in [2.24, 2.45) is 5.41 Å². The largest absolute Gasteiger partial charge is 0.481 e. The Morgan fingerprint density at radius 1 is 1.64 bits per heavy atom. The summed E-state index contributed by atoms with van der Waals surface area (Å²) < 4.78 is 1.22. The highest BCUT2D eigenvalue weighted by atomic mass is 32.2. The molecule has 1 heterocycles. The van der Waals surface area contributed by atoms with E-state index in [9.17, 15) is 4.79 Å². The van der Waals surface area contributed by atoms with Crippen LogP contribution in [0.15, 0.2) is 15.7 Å². The molecule has 1 N–H and O–H groups in total. The molecule has 0 fully saturated rings. The second kappa shape index (κ2) is 4.36. The van der Waals surface area contributed by atoms with Gasteiger partial charge in [0.05, 0.1) is 9.62 Å². The molecule has 0 atom stereocenters. The number of carboxylic acid groups (broad SMARTS) is 1. The highest BCUT2D eigenvalue weighted by Crippen LogP contribution is 2.33. The van der Waals surface area contributed by atoms with Crippen molar-refractivity contribution in [2.75, 3.05) is 5.75 Å². The summed E-state index contributed by atoms with van der Waals surface area (Å²) in [5.74, 6) is -0.122. The van der Waals surface area contributed by atoms with Gasteiger partial charge in [0, 0.05) is 5.75 Å². The molecule has 14 heavy (non-hydrogen) atoms. The Labute approximate surface area is 92.3 Å². The molecule has 1 aromatic heterocycles. The molecule has 0 aliphatic carbocycles. The fourth-order valence-corrected chi connectivity index (χ4v) is 2.99. The number of thiophene rings is 1. The first-order valence-electron chi connectivity index (χ1n) is 4.34. The molecule has 0 amide bonds. The summed E-state index contributed by atoms with van der Waals surface area (Å²) in [7, 11) is 0. The van der Waals surface area contributed by atoms with Crippen LogP contribution in [0.3, 0.4) is 0 Å². The van der Waals surface area contributed by atoms with Crippen molar-refractivity contribution in [3.05, 3.63) is 17.0 Å². The molecule has 0 unspecified atom stereocenters. The zero-order valence-electron chi connectivity index (χ0n) is 8.53. The van der Waals surface area contributed by atoms with Crippen LogP contribution in [-0.4, -0.2) is 16.8 Å². The van der Waals surface area contributed by atoms with Gasteiger partial charge in [0.15, 0.2) is 0 Å². The Morgan fingerprint density at radius 3 is 2.71 bits per heavy atom.